The maximum Gasteiger partial charge on any atom is 0.160 e. The molecule has 0 atom stereocenters. The monoisotopic (exact) mass is 641 g/mol. The SMILES string of the molecule is c1ccc(-c2nc(-c3cc(-c4cncc5ccccc45)cc(-c4cc5ccccc5c5ccccc45)c3)nc3c2sc2ccccc23)cc1. The van der Waals surface area contributed by atoms with Crippen LogP contribution in [0.4, 0.5) is 0 Å². The average molecular weight is 642 g/mol. The molecule has 0 aliphatic heterocycles. The van der Waals surface area contributed by atoms with E-state index in [1.165, 1.54) is 31.8 Å². The van der Waals surface area contributed by atoms with Gasteiger partial charge >= 0.3 is 0 Å². The molecule has 7 aromatic carbocycles. The third-order valence-corrected chi connectivity index (χ3v) is 10.7. The van der Waals surface area contributed by atoms with Crippen molar-refractivity contribution in [3.8, 4) is 44.9 Å². The van der Waals surface area contributed by atoms with Crippen molar-refractivity contribution in [2.45, 2.75) is 0 Å². The molecule has 0 radical (unpaired) electrons. The molecule has 0 fully saturated rings. The van der Waals surface area contributed by atoms with Gasteiger partial charge in [-0.05, 0) is 74.0 Å². The lowest BCUT2D eigenvalue weighted by Crippen LogP contribution is -1.95. The van der Waals surface area contributed by atoms with E-state index in [1.54, 1.807) is 11.3 Å². The lowest BCUT2D eigenvalue weighted by Gasteiger charge is -2.15. The molecule has 0 unspecified atom stereocenters. The number of nitrogens with zero attached hydrogens (tertiary/aromatic N) is 3. The van der Waals surface area contributed by atoms with Crippen molar-refractivity contribution in [2.75, 3.05) is 0 Å². The number of fused-ring (bicyclic) bond motifs is 7. The molecule has 0 spiro atoms. The van der Waals surface area contributed by atoms with E-state index in [0.29, 0.717) is 5.82 Å². The largest absolute Gasteiger partial charge is 0.263 e. The maximum atomic E-state index is 5.36. The van der Waals surface area contributed by atoms with Crippen LogP contribution in [0.25, 0.3) is 97.5 Å². The molecule has 228 valence electrons. The molecule has 3 heterocycles. The van der Waals surface area contributed by atoms with Crippen LogP contribution in [0.15, 0.2) is 164 Å². The zero-order valence-electron chi connectivity index (χ0n) is 26.3. The van der Waals surface area contributed by atoms with Crippen molar-refractivity contribution < 1.29 is 0 Å². The van der Waals surface area contributed by atoms with Crippen molar-refractivity contribution in [1.82, 2.24) is 15.0 Å². The fraction of sp³-hybridized carbons (Fsp3) is 0. The summed E-state index contributed by atoms with van der Waals surface area (Å²) in [6.45, 7) is 0. The molecule has 4 heteroatoms. The molecule has 0 saturated heterocycles. The lowest BCUT2D eigenvalue weighted by molar-refractivity contribution is 1.24. The van der Waals surface area contributed by atoms with Crippen molar-refractivity contribution >= 4 is 64.0 Å². The number of rotatable bonds is 4. The van der Waals surface area contributed by atoms with E-state index < -0.39 is 0 Å². The predicted molar refractivity (Wildman–Crippen MR) is 207 cm³/mol. The zero-order valence-corrected chi connectivity index (χ0v) is 27.2. The molecule has 0 saturated carbocycles. The molecular formula is C45H27N3S. The second-order valence-electron chi connectivity index (χ2n) is 12.4. The maximum absolute atomic E-state index is 5.36. The van der Waals surface area contributed by atoms with Crippen LogP contribution in [0.3, 0.4) is 0 Å². The highest BCUT2D eigenvalue weighted by atomic mass is 32.1. The smallest absolute Gasteiger partial charge is 0.160 e. The minimum atomic E-state index is 0.705. The van der Waals surface area contributed by atoms with E-state index in [4.69, 9.17) is 9.97 Å². The standard InChI is InChI=1S/C45H27N3S/c1-2-12-28(13-3-1)42-44-43(38-20-10-11-21-41(38)49-44)48-45(47-42)33-23-31(22-32(24-33)40-27-46-26-30-15-5-7-17-35(30)40)39-25-29-14-4-6-16-34(29)36-18-8-9-19-37(36)39/h1-27H. The van der Waals surface area contributed by atoms with Crippen molar-refractivity contribution in [1.29, 1.82) is 0 Å². The predicted octanol–water partition coefficient (Wildman–Crippen LogP) is 12.4. The van der Waals surface area contributed by atoms with Crippen LogP contribution in [-0.4, -0.2) is 15.0 Å². The third kappa shape index (κ3) is 4.61. The van der Waals surface area contributed by atoms with Gasteiger partial charge in [0.1, 0.15) is 0 Å². The zero-order chi connectivity index (χ0) is 32.3. The molecule has 0 N–H and O–H groups in total. The Morgan fingerprint density at radius 2 is 1.04 bits per heavy atom. The van der Waals surface area contributed by atoms with Gasteiger partial charge < -0.3 is 0 Å². The fourth-order valence-corrected chi connectivity index (χ4v) is 8.37. The number of aromatic nitrogens is 3. The van der Waals surface area contributed by atoms with Crippen LogP contribution in [0.1, 0.15) is 0 Å². The topological polar surface area (TPSA) is 38.7 Å². The summed E-state index contributed by atoms with van der Waals surface area (Å²) in [6.07, 6.45) is 3.92. The first kappa shape index (κ1) is 27.8. The van der Waals surface area contributed by atoms with Crippen LogP contribution < -0.4 is 0 Å². The summed E-state index contributed by atoms with van der Waals surface area (Å²) in [5.41, 5.74) is 8.44. The van der Waals surface area contributed by atoms with E-state index in [1.807, 2.05) is 12.4 Å². The summed E-state index contributed by atoms with van der Waals surface area (Å²) in [7, 11) is 0. The molecule has 0 amide bonds. The van der Waals surface area contributed by atoms with Crippen LogP contribution in [0.5, 0.6) is 0 Å². The molecule has 49 heavy (non-hydrogen) atoms. The van der Waals surface area contributed by atoms with Gasteiger partial charge in [0.05, 0.1) is 15.9 Å². The van der Waals surface area contributed by atoms with Gasteiger partial charge in [0.25, 0.3) is 0 Å². The van der Waals surface area contributed by atoms with Crippen molar-refractivity contribution in [3.05, 3.63) is 164 Å². The summed E-state index contributed by atoms with van der Waals surface area (Å²) >= 11 is 1.76. The van der Waals surface area contributed by atoms with Crippen LogP contribution in [0, 0.1) is 0 Å². The Balaban J connectivity index is 1.31. The Hall–Kier alpha value is -6.23. The Labute approximate surface area is 286 Å². The number of hydrogen-bond acceptors (Lipinski definition) is 4. The third-order valence-electron chi connectivity index (χ3n) is 9.52. The Bertz CT molecular complexity index is 2890. The molecule has 0 aliphatic rings. The summed E-state index contributed by atoms with van der Waals surface area (Å²) in [6, 6.07) is 54.0. The van der Waals surface area contributed by atoms with Gasteiger partial charge in [0.2, 0.25) is 0 Å². The van der Waals surface area contributed by atoms with Gasteiger partial charge in [-0.3, -0.25) is 4.98 Å². The molecule has 3 nitrogen and oxygen atoms in total. The summed E-state index contributed by atoms with van der Waals surface area (Å²) in [4.78, 5) is 15.4. The normalized spacial score (nSPS) is 11.7. The number of benzene rings is 7. The first-order chi connectivity index (χ1) is 24.3. The van der Waals surface area contributed by atoms with E-state index in [0.717, 1.165) is 59.9 Å². The van der Waals surface area contributed by atoms with E-state index >= 15 is 0 Å². The van der Waals surface area contributed by atoms with Crippen LogP contribution in [-0.2, 0) is 0 Å². The minimum absolute atomic E-state index is 0.705. The number of hydrogen-bond donors (Lipinski definition) is 0. The average Bonchev–Trinajstić information content (AvgIpc) is 3.56. The summed E-state index contributed by atoms with van der Waals surface area (Å²) in [5.74, 6) is 0.705. The van der Waals surface area contributed by atoms with Gasteiger partial charge in [0, 0.05) is 44.6 Å². The van der Waals surface area contributed by atoms with Gasteiger partial charge in [-0.2, -0.15) is 0 Å². The van der Waals surface area contributed by atoms with E-state index in [-0.39, 0.29) is 0 Å². The number of pyridine rings is 1. The summed E-state index contributed by atoms with van der Waals surface area (Å²) in [5, 5.41) is 8.34. The second kappa shape index (κ2) is 11.2. The highest BCUT2D eigenvalue weighted by molar-refractivity contribution is 7.26. The fourth-order valence-electron chi connectivity index (χ4n) is 7.22. The minimum Gasteiger partial charge on any atom is -0.263 e. The Morgan fingerprint density at radius 1 is 0.408 bits per heavy atom. The second-order valence-corrected chi connectivity index (χ2v) is 13.5. The van der Waals surface area contributed by atoms with Crippen molar-refractivity contribution in [3.63, 3.8) is 0 Å². The van der Waals surface area contributed by atoms with Crippen LogP contribution >= 0.6 is 11.3 Å². The molecule has 10 aromatic rings. The van der Waals surface area contributed by atoms with Gasteiger partial charge in [-0.25, -0.2) is 9.97 Å². The lowest BCUT2D eigenvalue weighted by atomic mass is 9.90. The highest BCUT2D eigenvalue weighted by Gasteiger charge is 2.19. The molecular weight excluding hydrogens is 615 g/mol. The van der Waals surface area contributed by atoms with Gasteiger partial charge in [0.15, 0.2) is 5.82 Å². The first-order valence-corrected chi connectivity index (χ1v) is 17.2. The van der Waals surface area contributed by atoms with E-state index in [9.17, 15) is 0 Å². The van der Waals surface area contributed by atoms with Crippen LogP contribution in [0.2, 0.25) is 0 Å². The van der Waals surface area contributed by atoms with Crippen molar-refractivity contribution in [2.24, 2.45) is 0 Å². The van der Waals surface area contributed by atoms with Gasteiger partial charge in [-0.15, -0.1) is 11.3 Å². The first-order valence-electron chi connectivity index (χ1n) is 16.4. The highest BCUT2D eigenvalue weighted by Crippen LogP contribution is 2.42. The Morgan fingerprint density at radius 3 is 1.88 bits per heavy atom. The van der Waals surface area contributed by atoms with Gasteiger partial charge in [-0.1, -0.05) is 121 Å². The molecule has 0 aliphatic carbocycles. The molecule has 3 aromatic heterocycles. The molecule has 0 bridgehead atoms. The summed E-state index contributed by atoms with van der Waals surface area (Å²) < 4.78 is 2.31. The number of thiophene rings is 1. The molecule has 10 rings (SSSR count). The Kier molecular flexibility index (Phi) is 6.36. The van der Waals surface area contributed by atoms with E-state index in [2.05, 4.69) is 157 Å². The quantitative estimate of drug-likeness (QED) is 0.180.